The molecular formula is C56H55N4Ni4O13+. The summed E-state index contributed by atoms with van der Waals surface area (Å²) in [5.74, 6) is -1.01. The molecule has 8 rings (SSSR count). The quantitative estimate of drug-likeness (QED) is 0.0958. The van der Waals surface area contributed by atoms with Gasteiger partial charge in [-0.3, -0.25) is 20.0 Å². The molecule has 21 heteroatoms. The van der Waals surface area contributed by atoms with E-state index in [1.54, 1.807) is 146 Å². The van der Waals surface area contributed by atoms with Gasteiger partial charge >= 0.3 is 66.0 Å². The summed E-state index contributed by atoms with van der Waals surface area (Å²) >= 11 is 0. The number of rotatable bonds is 8. The van der Waals surface area contributed by atoms with Crippen molar-refractivity contribution in [1.82, 2.24) is 0 Å². The molecule has 0 amide bonds. The fourth-order valence-electron chi connectivity index (χ4n) is 5.16. The van der Waals surface area contributed by atoms with E-state index in [2.05, 4.69) is 20.0 Å². The smallest absolute Gasteiger partial charge is 0.872 e. The van der Waals surface area contributed by atoms with Gasteiger partial charge in [-0.05, 0) is 46.5 Å². The van der Waals surface area contributed by atoms with E-state index in [0.717, 1.165) is 28.4 Å². The first-order valence-electron chi connectivity index (χ1n) is 21.1. The molecular weight excluding hydrogens is 1170 g/mol. The fraction of sp³-hybridized carbons (Fsp3) is 0.0714. The minimum atomic E-state index is -0.151. The first-order valence-corrected chi connectivity index (χ1v) is 21.1. The Balaban J connectivity index is -0.000000280. The van der Waals surface area contributed by atoms with Gasteiger partial charge in [0.1, 0.15) is 0 Å². The van der Waals surface area contributed by atoms with Crippen LogP contribution in [-0.2, 0) is 71.4 Å². The van der Waals surface area contributed by atoms with Crippen LogP contribution in [0.5, 0.6) is 46.0 Å². The zero-order chi connectivity index (χ0) is 53.5. The minimum Gasteiger partial charge on any atom is -0.872 e. The largest absolute Gasteiger partial charge is 2.00 e. The molecule has 7 N–H and O–H groups in total. The van der Waals surface area contributed by atoms with Crippen molar-refractivity contribution in [1.29, 1.82) is 0 Å². The molecule has 0 radical (unpaired) electrons. The van der Waals surface area contributed by atoms with Crippen molar-refractivity contribution >= 4 is 47.6 Å². The Kier molecular flexibility index (Phi) is 49.2. The van der Waals surface area contributed by atoms with Gasteiger partial charge in [-0.1, -0.05) is 193 Å². The molecule has 0 unspecified atom stereocenters. The zero-order valence-electron chi connectivity index (χ0n) is 41.5. The average Bonchev–Trinajstić information content (AvgIpc) is 3.42. The van der Waals surface area contributed by atoms with Gasteiger partial charge in [0.2, 0.25) is 0 Å². The van der Waals surface area contributed by atoms with Gasteiger partial charge in [-0.25, -0.2) is 0 Å². The van der Waals surface area contributed by atoms with Crippen molar-refractivity contribution in [3.05, 3.63) is 216 Å². The van der Waals surface area contributed by atoms with E-state index in [0.29, 0.717) is 45.0 Å². The van der Waals surface area contributed by atoms with Gasteiger partial charge in [-0.15, -0.1) is 23.0 Å². The number of benzene rings is 8. The van der Waals surface area contributed by atoms with E-state index in [1.165, 1.54) is 73.4 Å². The number of aliphatic hydroxyl groups excluding tert-OH is 4. The van der Waals surface area contributed by atoms with Gasteiger partial charge in [0.15, 0.2) is 0 Å². The molecule has 0 aliphatic rings. The topological polar surface area (TPSA) is 348 Å². The summed E-state index contributed by atoms with van der Waals surface area (Å²) in [4.78, 5) is 16.0. The maximum absolute atomic E-state index is 11.4. The third-order valence-corrected chi connectivity index (χ3v) is 8.51. The minimum absolute atomic E-state index is 0. The summed E-state index contributed by atoms with van der Waals surface area (Å²) in [7, 11) is 4.00. The normalized spacial score (nSPS) is 9.25. The molecule has 0 aliphatic carbocycles. The van der Waals surface area contributed by atoms with Crippen LogP contribution in [0.4, 0.5) is 22.7 Å². The van der Waals surface area contributed by atoms with Gasteiger partial charge < -0.3 is 66.8 Å². The van der Waals surface area contributed by atoms with Crippen molar-refractivity contribution in [3.8, 4) is 46.0 Å². The maximum Gasteiger partial charge on any atom is 2.00 e. The molecule has 0 saturated carbocycles. The Bertz CT molecular complexity index is 2320. The van der Waals surface area contributed by atoms with E-state index in [1.807, 2.05) is 0 Å². The molecule has 17 nitrogen and oxygen atoms in total. The maximum atomic E-state index is 11.4. The molecule has 0 spiro atoms. The summed E-state index contributed by atoms with van der Waals surface area (Å²) in [5.41, 5.74) is 3.26. The molecule has 8 aromatic rings. The van der Waals surface area contributed by atoms with Crippen molar-refractivity contribution in [3.63, 3.8) is 0 Å². The molecule has 0 fully saturated rings. The molecule has 0 atom stereocenters. The molecule has 77 heavy (non-hydrogen) atoms. The zero-order valence-corrected chi connectivity index (χ0v) is 45.4. The van der Waals surface area contributed by atoms with Crippen molar-refractivity contribution in [2.75, 3.05) is 28.4 Å². The SMILES string of the molecule is CO.CO.CO.CO.[Ni+2].[Ni+2].[Ni+2].[Ni+2].[O-]c1ccccc1C=Nc1ccccc1[O-].[O-]c1ccccc1C=Nc1ccccc1[O-].[O-]c1ccccc1C=Nc1ccccc1[O-].[O-]c1ccccc1C=Nc1ccccc1[O-].[OH3+]. The Morgan fingerprint density at radius 2 is 0.364 bits per heavy atom. The second-order valence-corrected chi connectivity index (χ2v) is 13.1. The van der Waals surface area contributed by atoms with E-state index >= 15 is 0 Å². The number of hydrogen-bond donors (Lipinski definition) is 4. The summed E-state index contributed by atoms with van der Waals surface area (Å²) in [6, 6.07) is 52.0. The van der Waals surface area contributed by atoms with E-state index in [9.17, 15) is 40.9 Å². The first kappa shape index (κ1) is 78.5. The van der Waals surface area contributed by atoms with Crippen LogP contribution in [0.3, 0.4) is 0 Å². The summed E-state index contributed by atoms with van der Waals surface area (Å²) in [5, 5.41) is 119. The Morgan fingerprint density at radius 1 is 0.234 bits per heavy atom. The molecule has 0 bridgehead atoms. The van der Waals surface area contributed by atoms with Gasteiger partial charge in [-0.2, -0.15) is 0 Å². The Morgan fingerprint density at radius 3 is 0.506 bits per heavy atom. The van der Waals surface area contributed by atoms with Crippen molar-refractivity contribution < 1.29 is 133 Å². The number of aliphatic hydroxyl groups is 4. The van der Waals surface area contributed by atoms with Crippen molar-refractivity contribution in [2.24, 2.45) is 20.0 Å². The number of hydrogen-bond acceptors (Lipinski definition) is 16. The van der Waals surface area contributed by atoms with Crippen LogP contribution in [0.1, 0.15) is 22.3 Å². The van der Waals surface area contributed by atoms with E-state index in [-0.39, 0.29) is 117 Å². The van der Waals surface area contributed by atoms with Crippen LogP contribution >= 0.6 is 0 Å². The third-order valence-electron chi connectivity index (χ3n) is 8.51. The predicted molar refractivity (Wildman–Crippen MR) is 274 cm³/mol. The summed E-state index contributed by atoms with van der Waals surface area (Å²) in [6.45, 7) is 0. The number of aliphatic imine (C=N–C) groups is 4. The van der Waals surface area contributed by atoms with E-state index < -0.39 is 0 Å². The fourth-order valence-corrected chi connectivity index (χ4v) is 5.16. The number of para-hydroxylation sites is 12. The average molecular weight is 1230 g/mol. The molecule has 8 aromatic carbocycles. The van der Waals surface area contributed by atoms with Gasteiger partial charge in [0.25, 0.3) is 0 Å². The molecule has 416 valence electrons. The van der Waals surface area contributed by atoms with Crippen LogP contribution in [0.25, 0.3) is 0 Å². The molecule has 0 heterocycles. The van der Waals surface area contributed by atoms with Crippen molar-refractivity contribution in [2.45, 2.75) is 0 Å². The van der Waals surface area contributed by atoms with Gasteiger partial charge in [0.05, 0.1) is 22.7 Å². The first-order chi connectivity index (χ1) is 35.1. The van der Waals surface area contributed by atoms with Crippen LogP contribution in [-0.4, -0.2) is 73.7 Å². The number of nitrogens with zero attached hydrogens (tertiary/aromatic N) is 4. The second kappa shape index (κ2) is 48.3. The third kappa shape index (κ3) is 30.1. The second-order valence-electron chi connectivity index (χ2n) is 13.1. The van der Waals surface area contributed by atoms with E-state index in [4.69, 9.17) is 20.4 Å². The van der Waals surface area contributed by atoms with Crippen LogP contribution in [0.15, 0.2) is 214 Å². The summed E-state index contributed by atoms with van der Waals surface area (Å²) in [6.07, 6.45) is 5.66. The van der Waals surface area contributed by atoms with Crippen LogP contribution < -0.4 is 40.9 Å². The van der Waals surface area contributed by atoms with Crippen LogP contribution in [0.2, 0.25) is 0 Å². The monoisotopic (exact) mass is 1220 g/mol. The Labute approximate surface area is 488 Å². The summed E-state index contributed by atoms with van der Waals surface area (Å²) < 4.78 is 0. The van der Waals surface area contributed by atoms with Gasteiger partial charge in [0, 0.05) is 53.3 Å². The molecule has 0 aliphatic heterocycles. The molecule has 0 saturated heterocycles. The predicted octanol–water partition coefficient (Wildman–Crippen LogP) is 3.84. The molecule has 0 aromatic heterocycles. The van der Waals surface area contributed by atoms with Crippen LogP contribution in [0, 0.1) is 0 Å². The standard InChI is InChI=1S/4C13H11NO2.4CH4O.4Ni.H2O/c4*15-12-7-3-1-5-10(12)9-14-11-6-2-4-8-13(11)16;4*1-2;;;;;/h4*1-9,15-16H;4*2H,1H3;;;;;1H2/q;;;;;;;;4*+2;/p-7. The Hall–Kier alpha value is -7.39.